The van der Waals surface area contributed by atoms with Gasteiger partial charge < -0.3 is 4.57 Å². The number of nitriles is 1. The molecule has 3 heterocycles. The van der Waals surface area contributed by atoms with Gasteiger partial charge >= 0.3 is 0 Å². The highest BCUT2D eigenvalue weighted by molar-refractivity contribution is 7.14. The van der Waals surface area contributed by atoms with Crippen LogP contribution < -0.4 is 0 Å². The van der Waals surface area contributed by atoms with Gasteiger partial charge in [-0.25, -0.2) is 0 Å². The second-order valence-corrected chi connectivity index (χ2v) is 10.8. The van der Waals surface area contributed by atoms with Crippen LogP contribution in [-0.4, -0.2) is 4.57 Å². The van der Waals surface area contributed by atoms with Gasteiger partial charge in [-0.1, -0.05) is 72.8 Å². The van der Waals surface area contributed by atoms with E-state index in [9.17, 15) is 5.26 Å². The number of aromatic nitrogens is 1. The van der Waals surface area contributed by atoms with Gasteiger partial charge in [0.2, 0.25) is 0 Å². The summed E-state index contributed by atoms with van der Waals surface area (Å²) < 4.78 is 2.36. The normalized spacial score (nSPS) is 11.2. The second-order valence-electron chi connectivity index (χ2n) is 8.89. The van der Waals surface area contributed by atoms with Crippen molar-refractivity contribution in [2.75, 3.05) is 0 Å². The molecule has 0 fully saturated rings. The molecular formula is C33H20N2S2. The third-order valence-electron chi connectivity index (χ3n) is 6.89. The van der Waals surface area contributed by atoms with Crippen LogP contribution in [0.25, 0.3) is 59.5 Å². The quantitative estimate of drug-likeness (QED) is 0.218. The maximum Gasteiger partial charge on any atom is 0.100 e. The molecule has 4 heteroatoms. The Bertz CT molecular complexity index is 1810. The number of hydrogen-bond acceptors (Lipinski definition) is 3. The number of rotatable bonds is 4. The summed E-state index contributed by atoms with van der Waals surface area (Å²) in [5.74, 6) is 0. The minimum absolute atomic E-state index is 0.736. The van der Waals surface area contributed by atoms with Gasteiger partial charge in [-0.15, -0.1) is 22.7 Å². The fraction of sp³-hybridized carbons (Fsp3) is 0. The lowest BCUT2D eigenvalue weighted by molar-refractivity contribution is 1.10. The van der Waals surface area contributed by atoms with E-state index >= 15 is 0 Å². The molecule has 7 rings (SSSR count). The van der Waals surface area contributed by atoms with E-state index in [1.54, 1.807) is 22.7 Å². The van der Waals surface area contributed by atoms with Crippen LogP contribution in [0.5, 0.6) is 0 Å². The lowest BCUT2D eigenvalue weighted by atomic mass is 9.89. The molecule has 0 radical (unpaired) electrons. The molecule has 0 amide bonds. The molecule has 0 saturated heterocycles. The minimum atomic E-state index is 0.736. The van der Waals surface area contributed by atoms with Gasteiger partial charge in [0.15, 0.2) is 0 Å². The number of fused-ring (bicyclic) bond motifs is 2. The molecule has 4 aromatic carbocycles. The molecule has 0 bridgehead atoms. The van der Waals surface area contributed by atoms with E-state index in [0.29, 0.717) is 0 Å². The number of hydrogen-bond donors (Lipinski definition) is 0. The van der Waals surface area contributed by atoms with E-state index < -0.39 is 0 Å². The zero-order valence-electron chi connectivity index (χ0n) is 19.8. The lowest BCUT2D eigenvalue weighted by Gasteiger charge is -2.16. The average molecular weight is 509 g/mol. The van der Waals surface area contributed by atoms with E-state index in [1.807, 2.05) is 12.1 Å². The van der Waals surface area contributed by atoms with Gasteiger partial charge in [-0.05, 0) is 69.1 Å². The largest absolute Gasteiger partial charge is 0.308 e. The van der Waals surface area contributed by atoms with Gasteiger partial charge in [0.25, 0.3) is 0 Å². The predicted octanol–water partition coefficient (Wildman–Crippen LogP) is 9.78. The van der Waals surface area contributed by atoms with Crippen LogP contribution in [0.1, 0.15) is 5.56 Å². The molecule has 0 N–H and O–H groups in total. The smallest absolute Gasteiger partial charge is 0.100 e. The SMILES string of the molecule is N#Cc1c2ccccc2c(-c2ccc(-n3c(-c4cccs4)ccc3-c3cccs3)cc2)c2ccccc12. The van der Waals surface area contributed by atoms with Crippen molar-refractivity contribution in [1.29, 1.82) is 5.26 Å². The van der Waals surface area contributed by atoms with Gasteiger partial charge in [0.05, 0.1) is 26.7 Å². The summed E-state index contributed by atoms with van der Waals surface area (Å²) in [5.41, 5.74) is 6.56. The first-order valence-corrected chi connectivity index (χ1v) is 13.8. The van der Waals surface area contributed by atoms with Crippen LogP contribution in [0.2, 0.25) is 0 Å². The average Bonchev–Trinajstić information content (AvgIpc) is 3.73. The van der Waals surface area contributed by atoms with E-state index in [1.165, 1.54) is 26.7 Å². The minimum Gasteiger partial charge on any atom is -0.308 e. The first kappa shape index (κ1) is 21.8. The third-order valence-corrected chi connectivity index (χ3v) is 8.67. The molecule has 0 atom stereocenters. The summed E-state index contributed by atoms with van der Waals surface area (Å²) in [6.45, 7) is 0. The molecule has 7 aromatic rings. The van der Waals surface area contributed by atoms with E-state index in [4.69, 9.17) is 0 Å². The summed E-state index contributed by atoms with van der Waals surface area (Å²) >= 11 is 3.52. The van der Waals surface area contributed by atoms with Crippen molar-refractivity contribution in [3.63, 3.8) is 0 Å². The fourth-order valence-corrected chi connectivity index (χ4v) is 6.77. The summed E-state index contributed by atoms with van der Waals surface area (Å²) in [7, 11) is 0. The number of nitrogens with zero attached hydrogens (tertiary/aromatic N) is 2. The van der Waals surface area contributed by atoms with Crippen LogP contribution in [0, 0.1) is 11.3 Å². The van der Waals surface area contributed by atoms with Crippen molar-refractivity contribution in [1.82, 2.24) is 4.57 Å². The molecule has 174 valence electrons. The Morgan fingerprint density at radius 1 is 0.541 bits per heavy atom. The van der Waals surface area contributed by atoms with Gasteiger partial charge in [0.1, 0.15) is 6.07 Å². The van der Waals surface area contributed by atoms with Crippen molar-refractivity contribution < 1.29 is 0 Å². The van der Waals surface area contributed by atoms with Gasteiger partial charge in [-0.2, -0.15) is 5.26 Å². The topological polar surface area (TPSA) is 28.7 Å². The van der Waals surface area contributed by atoms with Crippen LogP contribution in [0.4, 0.5) is 0 Å². The predicted molar refractivity (Wildman–Crippen MR) is 158 cm³/mol. The van der Waals surface area contributed by atoms with E-state index in [0.717, 1.165) is 38.4 Å². The molecular weight excluding hydrogens is 489 g/mol. The standard InChI is InChI=1S/C33H20N2S2/c34-21-28-24-7-1-3-9-26(24)33(27-10-4-2-8-25(27)28)22-13-15-23(16-14-22)35-29(31-11-5-19-36-31)17-18-30(35)32-12-6-20-37-32/h1-20H. The highest BCUT2D eigenvalue weighted by Gasteiger charge is 2.17. The van der Waals surface area contributed by atoms with Crippen molar-refractivity contribution >= 4 is 44.2 Å². The Kier molecular flexibility index (Phi) is 5.25. The Morgan fingerprint density at radius 3 is 1.51 bits per heavy atom. The van der Waals surface area contributed by atoms with Crippen molar-refractivity contribution in [3.05, 3.63) is 126 Å². The van der Waals surface area contributed by atoms with Crippen LogP contribution in [0.15, 0.2) is 120 Å². The fourth-order valence-electron chi connectivity index (χ4n) is 5.29. The molecule has 0 spiro atoms. The monoisotopic (exact) mass is 508 g/mol. The third kappa shape index (κ3) is 3.52. The Hall–Kier alpha value is -4.43. The van der Waals surface area contributed by atoms with Crippen LogP contribution >= 0.6 is 22.7 Å². The van der Waals surface area contributed by atoms with E-state index in [-0.39, 0.29) is 0 Å². The highest BCUT2D eigenvalue weighted by Crippen LogP contribution is 2.40. The van der Waals surface area contributed by atoms with Crippen molar-refractivity contribution in [2.24, 2.45) is 0 Å². The summed E-state index contributed by atoms with van der Waals surface area (Å²) in [4.78, 5) is 2.49. The Labute approximate surface area is 222 Å². The molecule has 0 aliphatic carbocycles. The summed E-state index contributed by atoms with van der Waals surface area (Å²) in [6.07, 6.45) is 0. The van der Waals surface area contributed by atoms with Crippen LogP contribution in [0.3, 0.4) is 0 Å². The molecule has 0 saturated carbocycles. The molecule has 37 heavy (non-hydrogen) atoms. The van der Waals surface area contributed by atoms with Crippen LogP contribution in [-0.2, 0) is 0 Å². The molecule has 3 aromatic heterocycles. The molecule has 0 aliphatic heterocycles. The molecule has 0 aliphatic rings. The lowest BCUT2D eigenvalue weighted by Crippen LogP contribution is -1.98. The second kappa shape index (κ2) is 8.90. The summed E-state index contributed by atoms with van der Waals surface area (Å²) in [5, 5.41) is 18.4. The van der Waals surface area contributed by atoms with Gasteiger partial charge in [-0.3, -0.25) is 0 Å². The summed E-state index contributed by atoms with van der Waals surface area (Å²) in [6, 6.07) is 40.8. The zero-order chi connectivity index (χ0) is 24.8. The Morgan fingerprint density at radius 2 is 1.05 bits per heavy atom. The van der Waals surface area contributed by atoms with Crippen molar-refractivity contribution in [3.8, 4) is 44.0 Å². The molecule has 0 unspecified atom stereocenters. The van der Waals surface area contributed by atoms with E-state index in [2.05, 4.69) is 118 Å². The number of thiophene rings is 2. The first-order chi connectivity index (χ1) is 18.3. The van der Waals surface area contributed by atoms with Gasteiger partial charge in [0, 0.05) is 16.5 Å². The van der Waals surface area contributed by atoms with Crippen molar-refractivity contribution in [2.45, 2.75) is 0 Å². The Balaban J connectivity index is 1.44. The highest BCUT2D eigenvalue weighted by atomic mass is 32.1. The molecule has 2 nitrogen and oxygen atoms in total. The maximum atomic E-state index is 9.99. The maximum absolute atomic E-state index is 9.99. The number of benzene rings is 4. The first-order valence-electron chi connectivity index (χ1n) is 12.1. The zero-order valence-corrected chi connectivity index (χ0v) is 21.4.